The number of nitrogens with one attached hydrogen (secondary N) is 2. The summed E-state index contributed by atoms with van der Waals surface area (Å²) >= 11 is 0. The summed E-state index contributed by atoms with van der Waals surface area (Å²) in [6.07, 6.45) is -0.607. The van der Waals surface area contributed by atoms with Crippen LogP contribution in [-0.2, 0) is 4.79 Å². The van der Waals surface area contributed by atoms with Crippen molar-refractivity contribution in [3.8, 4) is 17.1 Å². The lowest BCUT2D eigenvalue weighted by atomic mass is 9.88. The number of hydrogen-bond donors (Lipinski definition) is 3. The summed E-state index contributed by atoms with van der Waals surface area (Å²) in [5.74, 6) is -0.144. The second-order valence-corrected chi connectivity index (χ2v) is 8.26. The van der Waals surface area contributed by atoms with Gasteiger partial charge in [0.15, 0.2) is 0 Å². The highest BCUT2D eigenvalue weighted by Crippen LogP contribution is 2.33. The number of carbonyl (C=O) groups is 1. The van der Waals surface area contributed by atoms with Crippen LogP contribution in [0.15, 0.2) is 30.5 Å². The zero-order valence-corrected chi connectivity index (χ0v) is 17.3. The maximum Gasteiger partial charge on any atom is 0.278 e. The highest BCUT2D eigenvalue weighted by Gasteiger charge is 2.23. The molecule has 9 heteroatoms. The molecule has 1 amide bonds. The minimum absolute atomic E-state index is 0.0939. The Labute approximate surface area is 173 Å². The topological polar surface area (TPSA) is 106 Å². The van der Waals surface area contributed by atoms with E-state index in [1.54, 1.807) is 18.2 Å². The fraction of sp³-hybridized carbons (Fsp3) is 0.381. The summed E-state index contributed by atoms with van der Waals surface area (Å²) in [5.41, 5.74) is 7.53. The van der Waals surface area contributed by atoms with Gasteiger partial charge in [0.2, 0.25) is 11.8 Å². The zero-order valence-electron chi connectivity index (χ0n) is 17.3. The fourth-order valence-electron chi connectivity index (χ4n) is 3.21. The van der Waals surface area contributed by atoms with Gasteiger partial charge < -0.3 is 20.8 Å². The first-order valence-electron chi connectivity index (χ1n) is 9.46. The van der Waals surface area contributed by atoms with E-state index in [0.29, 0.717) is 34.4 Å². The van der Waals surface area contributed by atoms with Gasteiger partial charge in [-0.3, -0.25) is 4.79 Å². The number of ether oxygens (including phenoxy) is 1. The number of halogens is 2. The predicted molar refractivity (Wildman–Crippen MR) is 112 cm³/mol. The second-order valence-electron chi connectivity index (χ2n) is 8.26. The van der Waals surface area contributed by atoms with Gasteiger partial charge in [0.25, 0.3) is 6.43 Å². The van der Waals surface area contributed by atoms with Crippen molar-refractivity contribution in [1.29, 1.82) is 0 Å². The summed E-state index contributed by atoms with van der Waals surface area (Å²) in [6, 6.07) is 5.69. The highest BCUT2D eigenvalue weighted by molar-refractivity contribution is 5.96. The molecule has 1 atom stereocenters. The molecule has 0 bridgehead atoms. The number of rotatable bonds is 6. The Morgan fingerprint density at radius 1 is 1.30 bits per heavy atom. The monoisotopic (exact) mass is 417 g/mol. The van der Waals surface area contributed by atoms with Crippen molar-refractivity contribution >= 4 is 22.6 Å². The van der Waals surface area contributed by atoms with Crippen LogP contribution < -0.4 is 15.8 Å². The number of carbonyl (C=O) groups excluding carboxylic acids is 1. The van der Waals surface area contributed by atoms with Gasteiger partial charge in [-0.05, 0) is 36.1 Å². The smallest absolute Gasteiger partial charge is 0.278 e. The number of pyridine rings is 2. The lowest BCUT2D eigenvalue weighted by Crippen LogP contribution is -2.38. The van der Waals surface area contributed by atoms with Crippen LogP contribution in [-0.4, -0.2) is 34.0 Å². The van der Waals surface area contributed by atoms with Gasteiger partial charge >= 0.3 is 0 Å². The standard InChI is InChI=1S/C21H25F2N5O2/c1-21(2,3)10-13(24)19(29)27-15-6-5-14(28-20(15)30-4)11-7-8-25-18-12(11)9-16(26-18)17(22)23/h5-9,13,17H,10,24H2,1-4H3,(H,25,26)(H,27,29)/t13-/m1/s1. The quantitative estimate of drug-likeness (QED) is 0.555. The molecular formula is C21H25F2N5O2. The van der Waals surface area contributed by atoms with Crippen LogP contribution in [0.4, 0.5) is 14.5 Å². The lowest BCUT2D eigenvalue weighted by Gasteiger charge is -2.22. The number of nitrogens with two attached hydrogens (primary N) is 1. The van der Waals surface area contributed by atoms with Gasteiger partial charge in [-0.25, -0.2) is 18.7 Å². The summed E-state index contributed by atoms with van der Waals surface area (Å²) in [6.45, 7) is 6.02. The van der Waals surface area contributed by atoms with E-state index in [0.717, 1.165) is 0 Å². The Balaban J connectivity index is 1.91. The number of H-pyrrole nitrogens is 1. The minimum Gasteiger partial charge on any atom is -0.479 e. The Morgan fingerprint density at radius 3 is 2.67 bits per heavy atom. The normalized spacial score (nSPS) is 12.9. The molecule has 160 valence electrons. The molecule has 3 rings (SSSR count). The van der Waals surface area contributed by atoms with Crippen LogP contribution in [0.3, 0.4) is 0 Å². The molecule has 4 N–H and O–H groups in total. The first kappa shape index (κ1) is 21.6. The average Bonchev–Trinajstić information content (AvgIpc) is 3.11. The van der Waals surface area contributed by atoms with Crippen molar-refractivity contribution in [3.63, 3.8) is 0 Å². The number of amides is 1. The van der Waals surface area contributed by atoms with Crippen LogP contribution in [0.5, 0.6) is 5.88 Å². The fourth-order valence-corrected chi connectivity index (χ4v) is 3.21. The molecule has 0 spiro atoms. The third-order valence-electron chi connectivity index (χ3n) is 4.54. The first-order valence-corrected chi connectivity index (χ1v) is 9.46. The maximum absolute atomic E-state index is 13.1. The molecule has 0 fully saturated rings. The molecular weight excluding hydrogens is 392 g/mol. The molecule has 3 heterocycles. The number of anilines is 1. The van der Waals surface area contributed by atoms with Crippen molar-refractivity contribution in [3.05, 3.63) is 36.2 Å². The molecule has 0 aliphatic carbocycles. The van der Waals surface area contributed by atoms with Gasteiger partial charge in [0.05, 0.1) is 24.5 Å². The summed E-state index contributed by atoms with van der Waals surface area (Å²) in [7, 11) is 1.43. The molecule has 0 radical (unpaired) electrons. The number of aromatic amines is 1. The summed E-state index contributed by atoms with van der Waals surface area (Å²) in [4.78, 5) is 23.6. The first-order chi connectivity index (χ1) is 14.1. The third kappa shape index (κ3) is 4.73. The van der Waals surface area contributed by atoms with Crippen LogP contribution in [0.2, 0.25) is 0 Å². The van der Waals surface area contributed by atoms with Crippen LogP contribution in [0.25, 0.3) is 22.3 Å². The number of fused-ring (bicyclic) bond motifs is 1. The van der Waals surface area contributed by atoms with E-state index in [9.17, 15) is 13.6 Å². The lowest BCUT2D eigenvalue weighted by molar-refractivity contribution is -0.118. The van der Waals surface area contributed by atoms with Gasteiger partial charge in [0, 0.05) is 17.1 Å². The summed E-state index contributed by atoms with van der Waals surface area (Å²) in [5, 5.41) is 3.27. The SMILES string of the molecule is COc1nc(-c2ccnc3[nH]c(C(F)F)cc23)ccc1NC(=O)[C@H](N)CC(C)(C)C. The number of nitrogens with zero attached hydrogens (tertiary/aromatic N) is 2. The van der Waals surface area contributed by atoms with Crippen molar-refractivity contribution in [2.24, 2.45) is 11.1 Å². The molecule has 0 saturated carbocycles. The number of methoxy groups -OCH3 is 1. The number of alkyl halides is 2. The number of hydrogen-bond acceptors (Lipinski definition) is 5. The van der Waals surface area contributed by atoms with Crippen molar-refractivity contribution in [2.45, 2.75) is 39.7 Å². The summed E-state index contributed by atoms with van der Waals surface area (Å²) < 4.78 is 31.4. The van der Waals surface area contributed by atoms with E-state index < -0.39 is 12.5 Å². The Hall–Kier alpha value is -3.07. The van der Waals surface area contributed by atoms with Gasteiger partial charge in [0.1, 0.15) is 11.3 Å². The van der Waals surface area contributed by atoms with Crippen LogP contribution >= 0.6 is 0 Å². The molecule has 0 unspecified atom stereocenters. The molecule has 30 heavy (non-hydrogen) atoms. The molecule has 0 aliphatic rings. The minimum atomic E-state index is -2.63. The van der Waals surface area contributed by atoms with E-state index in [1.165, 1.54) is 19.4 Å². The zero-order chi connectivity index (χ0) is 22.1. The van der Waals surface area contributed by atoms with Crippen LogP contribution in [0, 0.1) is 5.41 Å². The molecule has 0 saturated heterocycles. The van der Waals surface area contributed by atoms with Crippen molar-refractivity contribution in [1.82, 2.24) is 15.0 Å². The van der Waals surface area contributed by atoms with Crippen molar-refractivity contribution in [2.75, 3.05) is 12.4 Å². The third-order valence-corrected chi connectivity index (χ3v) is 4.54. The Morgan fingerprint density at radius 2 is 2.03 bits per heavy atom. The molecule has 3 aromatic rings. The van der Waals surface area contributed by atoms with Gasteiger partial charge in [-0.1, -0.05) is 20.8 Å². The van der Waals surface area contributed by atoms with Crippen LogP contribution in [0.1, 0.15) is 39.3 Å². The Kier molecular flexibility index (Phi) is 6.02. The molecule has 0 aliphatic heterocycles. The predicted octanol–water partition coefficient (Wildman–Crippen LogP) is 4.27. The Bertz CT molecular complexity index is 1060. The van der Waals surface area contributed by atoms with E-state index in [1.807, 2.05) is 20.8 Å². The maximum atomic E-state index is 13.1. The highest BCUT2D eigenvalue weighted by atomic mass is 19.3. The van der Waals surface area contributed by atoms with Gasteiger partial charge in [-0.2, -0.15) is 0 Å². The second kappa shape index (κ2) is 8.35. The largest absolute Gasteiger partial charge is 0.479 e. The van der Waals surface area contributed by atoms with Gasteiger partial charge in [-0.15, -0.1) is 0 Å². The molecule has 7 nitrogen and oxygen atoms in total. The van der Waals surface area contributed by atoms with E-state index in [4.69, 9.17) is 10.5 Å². The van der Waals surface area contributed by atoms with E-state index >= 15 is 0 Å². The molecule has 0 aromatic carbocycles. The molecule has 3 aromatic heterocycles. The van der Waals surface area contributed by atoms with Crippen molar-refractivity contribution < 1.29 is 18.3 Å². The van der Waals surface area contributed by atoms with E-state index in [-0.39, 0.29) is 22.9 Å². The average molecular weight is 417 g/mol. The number of aromatic nitrogens is 3. The van der Waals surface area contributed by atoms with E-state index in [2.05, 4.69) is 20.3 Å².